The molecule has 1 aliphatic carbocycles. The smallest absolute Gasteiger partial charge is 0.165 e. The molecular formula is C15H22FNO. The van der Waals surface area contributed by atoms with Crippen LogP contribution in [0.25, 0.3) is 0 Å². The molecule has 0 spiro atoms. The van der Waals surface area contributed by atoms with E-state index < -0.39 is 0 Å². The van der Waals surface area contributed by atoms with E-state index in [4.69, 9.17) is 4.74 Å². The van der Waals surface area contributed by atoms with Crippen LogP contribution in [0.15, 0.2) is 18.2 Å². The molecule has 2 rings (SSSR count). The van der Waals surface area contributed by atoms with Gasteiger partial charge in [0.1, 0.15) is 0 Å². The lowest BCUT2D eigenvalue weighted by Gasteiger charge is -2.26. The number of nitrogens with one attached hydrogen (secondary N) is 1. The van der Waals surface area contributed by atoms with Crippen molar-refractivity contribution in [1.29, 1.82) is 0 Å². The molecule has 2 nitrogen and oxygen atoms in total. The van der Waals surface area contributed by atoms with E-state index in [1.165, 1.54) is 6.42 Å². The first-order valence-electron chi connectivity index (χ1n) is 6.90. The molecule has 0 saturated heterocycles. The predicted molar refractivity (Wildman–Crippen MR) is 71.4 cm³/mol. The first-order valence-corrected chi connectivity index (χ1v) is 6.90. The molecule has 1 aliphatic rings. The van der Waals surface area contributed by atoms with Crippen LogP contribution in [0.2, 0.25) is 0 Å². The lowest BCUT2D eigenvalue weighted by Crippen LogP contribution is -2.25. The first-order chi connectivity index (χ1) is 8.70. The second kappa shape index (κ2) is 6.19. The number of benzene rings is 1. The molecule has 1 N–H and O–H groups in total. The molecule has 18 heavy (non-hydrogen) atoms. The highest BCUT2D eigenvalue weighted by molar-refractivity contribution is 5.31. The molecule has 1 aromatic rings. The molecule has 1 aromatic carbocycles. The summed E-state index contributed by atoms with van der Waals surface area (Å²) in [5, 5.41) is 3.35. The van der Waals surface area contributed by atoms with Crippen LogP contribution in [0.4, 0.5) is 4.39 Å². The summed E-state index contributed by atoms with van der Waals surface area (Å²) >= 11 is 0. The quantitative estimate of drug-likeness (QED) is 0.830. The van der Waals surface area contributed by atoms with Crippen molar-refractivity contribution in [2.24, 2.45) is 0 Å². The average molecular weight is 251 g/mol. The largest absolute Gasteiger partial charge is 0.487 e. The summed E-state index contributed by atoms with van der Waals surface area (Å²) < 4.78 is 19.5. The SMILES string of the molecule is CCCNC(C)c1ccc(OC2CCC2)c(F)c1. The maximum atomic E-state index is 13.9. The first kappa shape index (κ1) is 13.3. The van der Waals surface area contributed by atoms with Crippen molar-refractivity contribution in [3.05, 3.63) is 29.6 Å². The number of rotatable bonds is 6. The minimum Gasteiger partial charge on any atom is -0.487 e. The third-order valence-electron chi connectivity index (χ3n) is 3.50. The third kappa shape index (κ3) is 3.22. The summed E-state index contributed by atoms with van der Waals surface area (Å²) in [5.41, 5.74) is 0.974. The minimum absolute atomic E-state index is 0.178. The van der Waals surface area contributed by atoms with Gasteiger partial charge in [-0.25, -0.2) is 4.39 Å². The molecule has 1 saturated carbocycles. The standard InChI is InChI=1S/C15H22FNO/c1-3-9-17-11(2)12-7-8-15(14(16)10-12)18-13-5-4-6-13/h7-8,10-11,13,17H,3-6,9H2,1-2H3. The van der Waals surface area contributed by atoms with Crippen molar-refractivity contribution in [1.82, 2.24) is 5.32 Å². The van der Waals surface area contributed by atoms with Crippen molar-refractivity contribution in [2.45, 2.75) is 51.7 Å². The Labute approximate surface area is 109 Å². The van der Waals surface area contributed by atoms with Crippen molar-refractivity contribution in [3.8, 4) is 5.75 Å². The van der Waals surface area contributed by atoms with Gasteiger partial charge in [0, 0.05) is 6.04 Å². The Balaban J connectivity index is 1.99. The lowest BCUT2D eigenvalue weighted by atomic mass is 9.96. The monoisotopic (exact) mass is 251 g/mol. The number of hydrogen-bond donors (Lipinski definition) is 1. The van der Waals surface area contributed by atoms with Gasteiger partial charge in [-0.15, -0.1) is 0 Å². The molecule has 1 fully saturated rings. The summed E-state index contributed by atoms with van der Waals surface area (Å²) in [4.78, 5) is 0. The van der Waals surface area contributed by atoms with Gasteiger partial charge in [-0.3, -0.25) is 0 Å². The van der Waals surface area contributed by atoms with Crippen LogP contribution < -0.4 is 10.1 Å². The third-order valence-corrected chi connectivity index (χ3v) is 3.50. The average Bonchev–Trinajstić information content (AvgIpc) is 2.32. The molecule has 1 unspecified atom stereocenters. The Morgan fingerprint density at radius 3 is 2.78 bits per heavy atom. The lowest BCUT2D eigenvalue weighted by molar-refractivity contribution is 0.115. The van der Waals surface area contributed by atoms with Crippen molar-refractivity contribution < 1.29 is 9.13 Å². The summed E-state index contributed by atoms with van der Waals surface area (Å²) in [6, 6.07) is 5.47. The maximum Gasteiger partial charge on any atom is 0.165 e. The topological polar surface area (TPSA) is 21.3 Å². The van der Waals surface area contributed by atoms with Crippen LogP contribution in [-0.2, 0) is 0 Å². The summed E-state index contributed by atoms with van der Waals surface area (Å²) in [6.45, 7) is 5.12. The second-order valence-corrected chi connectivity index (χ2v) is 5.04. The Bertz CT molecular complexity index is 390. The molecule has 0 bridgehead atoms. The second-order valence-electron chi connectivity index (χ2n) is 5.04. The number of hydrogen-bond acceptors (Lipinski definition) is 2. The van der Waals surface area contributed by atoms with Gasteiger partial charge in [0.25, 0.3) is 0 Å². The van der Waals surface area contributed by atoms with E-state index in [0.717, 1.165) is 31.4 Å². The van der Waals surface area contributed by atoms with Gasteiger partial charge in [0.05, 0.1) is 6.10 Å². The minimum atomic E-state index is -0.246. The molecule has 0 amide bonds. The fraction of sp³-hybridized carbons (Fsp3) is 0.600. The zero-order valence-electron chi connectivity index (χ0n) is 11.2. The van der Waals surface area contributed by atoms with Gasteiger partial charge < -0.3 is 10.1 Å². The maximum absolute atomic E-state index is 13.9. The highest BCUT2D eigenvalue weighted by atomic mass is 19.1. The Morgan fingerprint density at radius 1 is 1.44 bits per heavy atom. The van der Waals surface area contributed by atoms with Crippen molar-refractivity contribution >= 4 is 0 Å². The van der Waals surface area contributed by atoms with Crippen LogP contribution in [0, 0.1) is 5.82 Å². The molecule has 0 radical (unpaired) electrons. The van der Waals surface area contributed by atoms with Crippen molar-refractivity contribution in [3.63, 3.8) is 0 Å². The molecule has 0 heterocycles. The van der Waals surface area contributed by atoms with E-state index in [0.29, 0.717) is 5.75 Å². The highest BCUT2D eigenvalue weighted by Gasteiger charge is 2.20. The Kier molecular flexibility index (Phi) is 4.59. The fourth-order valence-corrected chi connectivity index (χ4v) is 2.03. The van der Waals surface area contributed by atoms with Crippen LogP contribution in [0.3, 0.4) is 0 Å². The highest BCUT2D eigenvalue weighted by Crippen LogP contribution is 2.28. The van der Waals surface area contributed by atoms with E-state index in [-0.39, 0.29) is 18.0 Å². The van der Waals surface area contributed by atoms with Crippen LogP contribution in [0.1, 0.15) is 51.1 Å². The Morgan fingerprint density at radius 2 is 2.22 bits per heavy atom. The Hall–Kier alpha value is -1.09. The van der Waals surface area contributed by atoms with Gasteiger partial charge in [0.2, 0.25) is 0 Å². The fourth-order valence-electron chi connectivity index (χ4n) is 2.03. The van der Waals surface area contributed by atoms with E-state index in [2.05, 4.69) is 19.2 Å². The summed E-state index contributed by atoms with van der Waals surface area (Å²) in [6.07, 6.45) is 4.60. The normalized spacial score (nSPS) is 17.3. The van der Waals surface area contributed by atoms with Gasteiger partial charge in [-0.05, 0) is 56.8 Å². The molecular weight excluding hydrogens is 229 g/mol. The van der Waals surface area contributed by atoms with Gasteiger partial charge >= 0.3 is 0 Å². The number of halogens is 1. The van der Waals surface area contributed by atoms with Gasteiger partial charge in [-0.1, -0.05) is 13.0 Å². The van der Waals surface area contributed by atoms with Crippen LogP contribution >= 0.6 is 0 Å². The van der Waals surface area contributed by atoms with Gasteiger partial charge in [0.15, 0.2) is 11.6 Å². The predicted octanol–water partition coefficient (Wildman–Crippen LogP) is 3.82. The zero-order valence-corrected chi connectivity index (χ0v) is 11.2. The zero-order chi connectivity index (χ0) is 13.0. The van der Waals surface area contributed by atoms with E-state index in [1.54, 1.807) is 12.1 Å². The molecule has 0 aromatic heterocycles. The molecule has 0 aliphatic heterocycles. The van der Waals surface area contributed by atoms with E-state index in [9.17, 15) is 4.39 Å². The van der Waals surface area contributed by atoms with Crippen LogP contribution in [-0.4, -0.2) is 12.6 Å². The van der Waals surface area contributed by atoms with E-state index >= 15 is 0 Å². The van der Waals surface area contributed by atoms with Crippen LogP contribution in [0.5, 0.6) is 5.75 Å². The van der Waals surface area contributed by atoms with Crippen molar-refractivity contribution in [2.75, 3.05) is 6.54 Å². The van der Waals surface area contributed by atoms with Gasteiger partial charge in [-0.2, -0.15) is 0 Å². The molecule has 100 valence electrons. The van der Waals surface area contributed by atoms with E-state index in [1.807, 2.05) is 6.07 Å². The number of ether oxygens (including phenoxy) is 1. The molecule has 3 heteroatoms. The summed E-state index contributed by atoms with van der Waals surface area (Å²) in [5.74, 6) is 0.149. The molecule has 1 atom stereocenters. The summed E-state index contributed by atoms with van der Waals surface area (Å²) in [7, 11) is 0.